The summed E-state index contributed by atoms with van der Waals surface area (Å²) in [5.74, 6) is 1.18. The maximum Gasteiger partial charge on any atom is 0.323 e. The summed E-state index contributed by atoms with van der Waals surface area (Å²) in [6.45, 7) is 0.154. The maximum absolute atomic E-state index is 11.9. The zero-order valence-corrected chi connectivity index (χ0v) is 12.6. The number of urea groups is 1. The van der Waals surface area contributed by atoms with Crippen LogP contribution >= 0.6 is 0 Å². The third kappa shape index (κ3) is 3.52. The number of nitrogens with one attached hydrogen (secondary N) is 2. The highest BCUT2D eigenvalue weighted by atomic mass is 32.2. The number of ether oxygens (including phenoxy) is 2. The van der Waals surface area contributed by atoms with Gasteiger partial charge in [-0.05, 0) is 36.4 Å². The second-order valence-electron chi connectivity index (χ2n) is 4.72. The summed E-state index contributed by atoms with van der Waals surface area (Å²) in [5.41, 5.74) is 0.962. The number of nitrogens with two attached hydrogens (primary N) is 1. The normalized spacial score (nSPS) is 12.7. The van der Waals surface area contributed by atoms with Crippen molar-refractivity contribution in [1.29, 1.82) is 0 Å². The first-order valence-electron chi connectivity index (χ1n) is 6.52. The smallest absolute Gasteiger partial charge is 0.323 e. The van der Waals surface area contributed by atoms with Crippen LogP contribution in [0.2, 0.25) is 0 Å². The van der Waals surface area contributed by atoms with Crippen LogP contribution in [-0.4, -0.2) is 21.2 Å². The van der Waals surface area contributed by atoms with Gasteiger partial charge in [0.25, 0.3) is 0 Å². The van der Waals surface area contributed by atoms with Gasteiger partial charge in [0.05, 0.1) is 4.90 Å². The fourth-order valence-corrected chi connectivity index (χ4v) is 2.51. The Bertz CT molecular complexity index is 849. The van der Waals surface area contributed by atoms with Crippen LogP contribution in [0.1, 0.15) is 0 Å². The van der Waals surface area contributed by atoms with Crippen molar-refractivity contribution >= 4 is 27.4 Å². The molecule has 0 saturated carbocycles. The molecule has 9 heteroatoms. The Balaban J connectivity index is 1.65. The molecule has 1 aliphatic heterocycles. The van der Waals surface area contributed by atoms with Gasteiger partial charge in [0, 0.05) is 17.4 Å². The minimum absolute atomic E-state index is 0.0285. The zero-order valence-electron chi connectivity index (χ0n) is 11.8. The lowest BCUT2D eigenvalue weighted by Gasteiger charge is -2.08. The van der Waals surface area contributed by atoms with Crippen molar-refractivity contribution < 1.29 is 22.7 Å². The maximum atomic E-state index is 11.9. The molecule has 2 aromatic carbocycles. The Morgan fingerprint density at radius 3 is 2.26 bits per heavy atom. The minimum Gasteiger partial charge on any atom is -0.454 e. The van der Waals surface area contributed by atoms with Gasteiger partial charge in [-0.3, -0.25) is 0 Å². The number of benzene rings is 2. The van der Waals surface area contributed by atoms with Gasteiger partial charge >= 0.3 is 6.03 Å². The van der Waals surface area contributed by atoms with Crippen molar-refractivity contribution in [1.82, 2.24) is 0 Å². The molecular weight excluding hydrogens is 322 g/mol. The Hall–Kier alpha value is -2.78. The molecule has 0 aromatic heterocycles. The summed E-state index contributed by atoms with van der Waals surface area (Å²) >= 11 is 0. The van der Waals surface area contributed by atoms with Crippen LogP contribution in [0.15, 0.2) is 47.4 Å². The number of rotatable bonds is 3. The van der Waals surface area contributed by atoms with E-state index in [1.165, 1.54) is 24.3 Å². The number of hydrogen-bond donors (Lipinski definition) is 3. The lowest BCUT2D eigenvalue weighted by Crippen LogP contribution is -2.19. The fraction of sp³-hybridized carbons (Fsp3) is 0.0714. The van der Waals surface area contributed by atoms with Crippen LogP contribution in [-0.2, 0) is 10.0 Å². The number of fused-ring (bicyclic) bond motifs is 1. The van der Waals surface area contributed by atoms with Crippen molar-refractivity contribution in [3.63, 3.8) is 0 Å². The van der Waals surface area contributed by atoms with Crippen LogP contribution in [0.5, 0.6) is 11.5 Å². The fourth-order valence-electron chi connectivity index (χ4n) is 2.00. The van der Waals surface area contributed by atoms with E-state index >= 15 is 0 Å². The van der Waals surface area contributed by atoms with Gasteiger partial charge in [0.2, 0.25) is 16.8 Å². The summed E-state index contributed by atoms with van der Waals surface area (Å²) in [6, 6.07) is 10.0. The van der Waals surface area contributed by atoms with Crippen LogP contribution in [0.3, 0.4) is 0 Å². The lowest BCUT2D eigenvalue weighted by atomic mass is 10.3. The van der Waals surface area contributed by atoms with Crippen LogP contribution in [0.4, 0.5) is 16.2 Å². The number of carbonyl (C=O) groups is 1. The minimum atomic E-state index is -3.76. The molecule has 0 saturated heterocycles. The van der Waals surface area contributed by atoms with Crippen molar-refractivity contribution in [2.24, 2.45) is 5.14 Å². The van der Waals surface area contributed by atoms with E-state index in [9.17, 15) is 13.2 Å². The number of anilines is 2. The Labute approximate surface area is 132 Å². The first kappa shape index (κ1) is 15.1. The van der Waals surface area contributed by atoms with E-state index in [0.717, 1.165) is 0 Å². The predicted octanol–water partition coefficient (Wildman–Crippen LogP) is 1.71. The molecule has 1 aliphatic rings. The molecule has 2 amide bonds. The van der Waals surface area contributed by atoms with Crippen molar-refractivity contribution in [3.8, 4) is 11.5 Å². The first-order chi connectivity index (χ1) is 10.9. The molecule has 120 valence electrons. The van der Waals surface area contributed by atoms with E-state index in [-0.39, 0.29) is 11.7 Å². The number of carbonyl (C=O) groups excluding carboxylic acids is 1. The molecule has 23 heavy (non-hydrogen) atoms. The number of primary sulfonamides is 1. The molecule has 8 nitrogen and oxygen atoms in total. The topological polar surface area (TPSA) is 120 Å². The lowest BCUT2D eigenvalue weighted by molar-refractivity contribution is 0.174. The number of amides is 2. The van der Waals surface area contributed by atoms with Crippen LogP contribution in [0, 0.1) is 0 Å². The van der Waals surface area contributed by atoms with Gasteiger partial charge in [-0.2, -0.15) is 0 Å². The number of sulfonamides is 1. The molecule has 0 radical (unpaired) electrons. The molecular formula is C14H13N3O5S. The van der Waals surface area contributed by atoms with E-state index in [1.807, 2.05) is 0 Å². The van der Waals surface area contributed by atoms with Gasteiger partial charge < -0.3 is 20.1 Å². The molecule has 0 spiro atoms. The predicted molar refractivity (Wildman–Crippen MR) is 83.0 cm³/mol. The summed E-state index contributed by atoms with van der Waals surface area (Å²) in [5, 5.41) is 10.2. The molecule has 0 unspecified atom stereocenters. The molecule has 4 N–H and O–H groups in total. The Morgan fingerprint density at radius 2 is 1.57 bits per heavy atom. The summed E-state index contributed by atoms with van der Waals surface area (Å²) < 4.78 is 32.7. The SMILES string of the molecule is NS(=O)(=O)c1ccc(NC(=O)Nc2ccc3c(c2)OCO3)cc1. The second-order valence-corrected chi connectivity index (χ2v) is 6.28. The third-order valence-corrected chi connectivity index (χ3v) is 4.00. The van der Waals surface area contributed by atoms with Gasteiger partial charge in [-0.15, -0.1) is 0 Å². The summed E-state index contributed by atoms with van der Waals surface area (Å²) in [7, 11) is -3.76. The van der Waals surface area contributed by atoms with Crippen molar-refractivity contribution in [2.75, 3.05) is 17.4 Å². The van der Waals surface area contributed by atoms with Crippen LogP contribution < -0.4 is 25.2 Å². The molecule has 1 heterocycles. The highest BCUT2D eigenvalue weighted by molar-refractivity contribution is 7.89. The van der Waals surface area contributed by atoms with E-state index in [4.69, 9.17) is 14.6 Å². The third-order valence-electron chi connectivity index (χ3n) is 3.07. The quantitative estimate of drug-likeness (QED) is 0.788. The highest BCUT2D eigenvalue weighted by Gasteiger charge is 2.14. The first-order valence-corrected chi connectivity index (χ1v) is 8.07. The standard InChI is InChI=1S/C14H13N3O5S/c15-23(19,20)11-4-1-9(2-5-11)16-14(18)17-10-3-6-12-13(7-10)22-8-21-12/h1-7H,8H2,(H2,15,19,20)(H2,16,17,18). The number of hydrogen-bond acceptors (Lipinski definition) is 5. The Kier molecular flexibility index (Phi) is 3.80. The van der Waals surface area contributed by atoms with E-state index in [2.05, 4.69) is 10.6 Å². The van der Waals surface area contributed by atoms with Gasteiger partial charge in [0.1, 0.15) is 0 Å². The highest BCUT2D eigenvalue weighted by Crippen LogP contribution is 2.34. The second kappa shape index (κ2) is 5.78. The largest absolute Gasteiger partial charge is 0.454 e. The van der Waals surface area contributed by atoms with E-state index in [0.29, 0.717) is 22.9 Å². The molecule has 3 rings (SSSR count). The van der Waals surface area contributed by atoms with E-state index in [1.54, 1.807) is 18.2 Å². The molecule has 0 atom stereocenters. The zero-order chi connectivity index (χ0) is 16.4. The van der Waals surface area contributed by atoms with E-state index < -0.39 is 16.1 Å². The van der Waals surface area contributed by atoms with Crippen LogP contribution in [0.25, 0.3) is 0 Å². The summed E-state index contributed by atoms with van der Waals surface area (Å²) in [4.78, 5) is 11.9. The van der Waals surface area contributed by atoms with Crippen molar-refractivity contribution in [2.45, 2.75) is 4.90 Å². The van der Waals surface area contributed by atoms with Crippen molar-refractivity contribution in [3.05, 3.63) is 42.5 Å². The van der Waals surface area contributed by atoms with Gasteiger partial charge in [0.15, 0.2) is 11.5 Å². The molecule has 0 fully saturated rings. The van der Waals surface area contributed by atoms with Gasteiger partial charge in [-0.25, -0.2) is 18.4 Å². The average molecular weight is 335 g/mol. The molecule has 0 aliphatic carbocycles. The summed E-state index contributed by atoms with van der Waals surface area (Å²) in [6.07, 6.45) is 0. The molecule has 0 bridgehead atoms. The average Bonchev–Trinajstić information content (AvgIpc) is 2.94. The van der Waals surface area contributed by atoms with Gasteiger partial charge in [-0.1, -0.05) is 0 Å². The molecule has 2 aromatic rings. The Morgan fingerprint density at radius 1 is 0.957 bits per heavy atom. The monoisotopic (exact) mass is 335 g/mol.